The lowest BCUT2D eigenvalue weighted by molar-refractivity contribution is -0.126. The van der Waals surface area contributed by atoms with E-state index in [0.29, 0.717) is 0 Å². The van der Waals surface area contributed by atoms with Crippen molar-refractivity contribution < 1.29 is 4.79 Å². The predicted octanol–water partition coefficient (Wildman–Crippen LogP) is 2.51. The summed E-state index contributed by atoms with van der Waals surface area (Å²) in [6.07, 6.45) is 3.03. The first-order valence-corrected chi connectivity index (χ1v) is 6.12. The van der Waals surface area contributed by atoms with Crippen molar-refractivity contribution in [3.8, 4) is 0 Å². The normalized spacial score (nSPS) is 32.6. The quantitative estimate of drug-likeness (QED) is 0.796. The molecule has 1 aliphatic heterocycles. The molecule has 1 aliphatic carbocycles. The number of piperidine rings is 1. The molecule has 1 saturated heterocycles. The summed E-state index contributed by atoms with van der Waals surface area (Å²) >= 11 is 6.27. The highest BCUT2D eigenvalue weighted by Gasteiger charge is 2.47. The van der Waals surface area contributed by atoms with Crippen LogP contribution >= 0.6 is 11.6 Å². The van der Waals surface area contributed by atoms with Crippen molar-refractivity contribution in [1.29, 1.82) is 0 Å². The summed E-state index contributed by atoms with van der Waals surface area (Å²) in [5, 5.41) is 3.85. The van der Waals surface area contributed by atoms with Crippen LogP contribution in [0.25, 0.3) is 0 Å². The molecule has 1 aromatic rings. The third-order valence-electron chi connectivity index (χ3n) is 4.03. The van der Waals surface area contributed by atoms with Gasteiger partial charge in [-0.1, -0.05) is 29.8 Å². The number of nitrogens with one attached hydrogen (secondary N) is 1. The SMILES string of the molecule is O=C1NCC2(c3ccccc3Cl)CCC1C2. The van der Waals surface area contributed by atoms with Gasteiger partial charge in [-0.15, -0.1) is 0 Å². The zero-order valence-electron chi connectivity index (χ0n) is 9.00. The van der Waals surface area contributed by atoms with Gasteiger partial charge in [0.25, 0.3) is 0 Å². The van der Waals surface area contributed by atoms with Crippen molar-refractivity contribution in [3.63, 3.8) is 0 Å². The first kappa shape index (κ1) is 10.2. The average molecular weight is 236 g/mol. The fourth-order valence-electron chi connectivity index (χ4n) is 3.14. The Hall–Kier alpha value is -1.02. The Balaban J connectivity index is 2.02. The van der Waals surface area contributed by atoms with E-state index in [1.54, 1.807) is 0 Å². The third kappa shape index (κ3) is 1.36. The first-order chi connectivity index (χ1) is 7.71. The maximum Gasteiger partial charge on any atom is 0.223 e. The molecular weight excluding hydrogens is 222 g/mol. The molecule has 0 aromatic heterocycles. The van der Waals surface area contributed by atoms with E-state index in [4.69, 9.17) is 11.6 Å². The maximum absolute atomic E-state index is 11.6. The number of hydrogen-bond donors (Lipinski definition) is 1. The molecule has 1 aromatic carbocycles. The highest BCUT2D eigenvalue weighted by molar-refractivity contribution is 6.31. The fraction of sp³-hybridized carbons (Fsp3) is 0.462. The van der Waals surface area contributed by atoms with Crippen LogP contribution in [0.1, 0.15) is 24.8 Å². The number of carbonyl (C=O) groups excluding carboxylic acids is 1. The number of fused-ring (bicyclic) bond motifs is 2. The zero-order chi connectivity index (χ0) is 11.2. The Labute approximate surface area is 100.0 Å². The van der Waals surface area contributed by atoms with Crippen molar-refractivity contribution in [1.82, 2.24) is 5.32 Å². The number of rotatable bonds is 1. The molecule has 1 heterocycles. The Morgan fingerprint density at radius 1 is 1.38 bits per heavy atom. The van der Waals surface area contributed by atoms with Gasteiger partial charge in [0.2, 0.25) is 5.91 Å². The molecule has 1 amide bonds. The summed E-state index contributed by atoms with van der Waals surface area (Å²) < 4.78 is 0. The van der Waals surface area contributed by atoms with Crippen LogP contribution in [0.4, 0.5) is 0 Å². The van der Waals surface area contributed by atoms with Crippen LogP contribution in [0.3, 0.4) is 0 Å². The summed E-state index contributed by atoms with van der Waals surface area (Å²) in [7, 11) is 0. The second kappa shape index (κ2) is 3.49. The molecule has 2 aliphatic rings. The van der Waals surface area contributed by atoms with Crippen LogP contribution in [-0.4, -0.2) is 12.5 Å². The van der Waals surface area contributed by atoms with Crippen LogP contribution in [0.5, 0.6) is 0 Å². The summed E-state index contributed by atoms with van der Waals surface area (Å²) in [4.78, 5) is 11.6. The highest BCUT2D eigenvalue weighted by Crippen LogP contribution is 2.48. The summed E-state index contributed by atoms with van der Waals surface area (Å²) in [6, 6.07) is 8.02. The second-order valence-electron chi connectivity index (χ2n) is 4.92. The van der Waals surface area contributed by atoms with Gasteiger partial charge >= 0.3 is 0 Å². The van der Waals surface area contributed by atoms with Crippen LogP contribution in [-0.2, 0) is 10.2 Å². The predicted molar refractivity (Wildman–Crippen MR) is 63.5 cm³/mol. The molecule has 2 nitrogen and oxygen atoms in total. The van der Waals surface area contributed by atoms with E-state index in [2.05, 4.69) is 11.4 Å². The van der Waals surface area contributed by atoms with E-state index < -0.39 is 0 Å². The zero-order valence-corrected chi connectivity index (χ0v) is 9.76. The summed E-state index contributed by atoms with van der Waals surface area (Å²) in [6.45, 7) is 0.742. The molecule has 3 heteroatoms. The summed E-state index contributed by atoms with van der Waals surface area (Å²) in [5.41, 5.74) is 1.30. The minimum Gasteiger partial charge on any atom is -0.355 e. The Morgan fingerprint density at radius 2 is 2.19 bits per heavy atom. The molecular formula is C13H14ClNO. The van der Waals surface area contributed by atoms with Gasteiger partial charge < -0.3 is 5.32 Å². The van der Waals surface area contributed by atoms with Crippen molar-refractivity contribution in [3.05, 3.63) is 34.9 Å². The lowest BCUT2D eigenvalue weighted by Crippen LogP contribution is -2.45. The fourth-order valence-corrected chi connectivity index (χ4v) is 3.48. The topological polar surface area (TPSA) is 29.1 Å². The standard InChI is InChI=1S/C13H14ClNO/c14-11-4-2-1-3-10(11)13-6-5-9(7-13)12(16)15-8-13/h1-4,9H,5-8H2,(H,15,16). The van der Waals surface area contributed by atoms with Gasteiger partial charge in [-0.05, 0) is 30.9 Å². The van der Waals surface area contributed by atoms with Crippen molar-refractivity contribution >= 4 is 17.5 Å². The van der Waals surface area contributed by atoms with E-state index in [1.165, 1.54) is 5.56 Å². The van der Waals surface area contributed by atoms with E-state index in [1.807, 2.05) is 18.2 Å². The monoisotopic (exact) mass is 235 g/mol. The summed E-state index contributed by atoms with van der Waals surface area (Å²) in [5.74, 6) is 0.421. The average Bonchev–Trinajstić information content (AvgIpc) is 2.66. The van der Waals surface area contributed by atoms with Gasteiger partial charge in [-0.2, -0.15) is 0 Å². The van der Waals surface area contributed by atoms with E-state index >= 15 is 0 Å². The molecule has 84 valence electrons. The second-order valence-corrected chi connectivity index (χ2v) is 5.32. The number of halogens is 1. The van der Waals surface area contributed by atoms with E-state index in [9.17, 15) is 4.79 Å². The Kier molecular flexibility index (Phi) is 2.21. The number of amides is 1. The first-order valence-electron chi connectivity index (χ1n) is 5.74. The van der Waals surface area contributed by atoms with Gasteiger partial charge in [0.1, 0.15) is 0 Å². The Bertz CT molecular complexity index is 445. The highest BCUT2D eigenvalue weighted by atomic mass is 35.5. The van der Waals surface area contributed by atoms with E-state index in [-0.39, 0.29) is 17.2 Å². The number of benzene rings is 1. The minimum atomic E-state index is 0.0942. The smallest absolute Gasteiger partial charge is 0.223 e. The molecule has 2 unspecified atom stereocenters. The molecule has 16 heavy (non-hydrogen) atoms. The molecule has 2 atom stereocenters. The van der Waals surface area contributed by atoms with E-state index in [0.717, 1.165) is 30.8 Å². The van der Waals surface area contributed by atoms with Crippen LogP contribution < -0.4 is 5.32 Å². The number of carbonyl (C=O) groups is 1. The third-order valence-corrected chi connectivity index (χ3v) is 4.36. The molecule has 2 bridgehead atoms. The maximum atomic E-state index is 11.6. The molecule has 1 saturated carbocycles. The van der Waals surface area contributed by atoms with Gasteiger partial charge in [-0.25, -0.2) is 0 Å². The van der Waals surface area contributed by atoms with Crippen LogP contribution in [0.2, 0.25) is 5.02 Å². The van der Waals surface area contributed by atoms with Crippen molar-refractivity contribution in [2.24, 2.45) is 5.92 Å². The molecule has 0 spiro atoms. The Morgan fingerprint density at radius 3 is 3.00 bits per heavy atom. The van der Waals surface area contributed by atoms with Crippen molar-refractivity contribution in [2.75, 3.05) is 6.54 Å². The van der Waals surface area contributed by atoms with Gasteiger partial charge in [0.05, 0.1) is 0 Å². The molecule has 0 radical (unpaired) electrons. The largest absolute Gasteiger partial charge is 0.355 e. The molecule has 3 rings (SSSR count). The van der Waals surface area contributed by atoms with Gasteiger partial charge in [-0.3, -0.25) is 4.79 Å². The lowest BCUT2D eigenvalue weighted by atomic mass is 9.76. The van der Waals surface area contributed by atoms with Gasteiger partial charge in [0, 0.05) is 22.9 Å². The van der Waals surface area contributed by atoms with Crippen molar-refractivity contribution in [2.45, 2.75) is 24.7 Å². The van der Waals surface area contributed by atoms with Crippen LogP contribution in [0, 0.1) is 5.92 Å². The minimum absolute atomic E-state index is 0.0942. The number of hydrogen-bond acceptors (Lipinski definition) is 1. The van der Waals surface area contributed by atoms with Gasteiger partial charge in [0.15, 0.2) is 0 Å². The molecule has 2 fully saturated rings. The lowest BCUT2D eigenvalue weighted by Gasteiger charge is -2.34. The van der Waals surface area contributed by atoms with Crippen LogP contribution in [0.15, 0.2) is 24.3 Å². The molecule has 1 N–H and O–H groups in total.